The van der Waals surface area contributed by atoms with Crippen LogP contribution in [0.3, 0.4) is 0 Å². The van der Waals surface area contributed by atoms with Gasteiger partial charge in [0.05, 0.1) is 16.2 Å². The Morgan fingerprint density at radius 2 is 2.09 bits per heavy atom. The van der Waals surface area contributed by atoms with Crippen molar-refractivity contribution in [3.63, 3.8) is 0 Å². The predicted molar refractivity (Wildman–Crippen MR) is 49.9 cm³/mol. The molecule has 0 aliphatic heterocycles. The molecule has 62 valence electrons. The third-order valence-corrected chi connectivity index (χ3v) is 2.48. The summed E-state index contributed by atoms with van der Waals surface area (Å²) in [6.07, 6.45) is 1.70. The Kier molecular flexibility index (Phi) is 2.30. The molecular weight excluding hydrogens is 227 g/mol. The molecule has 0 fully saturated rings. The molecule has 0 amide bonds. The molecule has 0 unspecified atom stereocenters. The van der Waals surface area contributed by atoms with E-state index in [1.54, 1.807) is 10.9 Å². The second-order valence-corrected chi connectivity index (χ2v) is 4.58. The number of rotatable bonds is 0. The lowest BCUT2D eigenvalue weighted by Gasteiger charge is -2.19. The van der Waals surface area contributed by atoms with Gasteiger partial charge in [-0.3, -0.25) is 0 Å². The number of halogens is 2. The maximum atomic E-state index is 5.95. The highest BCUT2D eigenvalue weighted by Crippen LogP contribution is 2.26. The fourth-order valence-electron chi connectivity index (χ4n) is 0.781. The third-order valence-electron chi connectivity index (χ3n) is 1.30. The minimum absolute atomic E-state index is 0.0525. The molecule has 1 heterocycles. The normalized spacial score (nSPS) is 12.1. The van der Waals surface area contributed by atoms with Crippen LogP contribution in [0.4, 0.5) is 0 Å². The molecule has 1 rings (SSSR count). The molecule has 0 N–H and O–H groups in total. The summed E-state index contributed by atoms with van der Waals surface area (Å²) in [6.45, 7) is 6.16. The summed E-state index contributed by atoms with van der Waals surface area (Å²) in [5, 5.41) is 4.77. The van der Waals surface area contributed by atoms with Crippen molar-refractivity contribution in [2.24, 2.45) is 0 Å². The van der Waals surface area contributed by atoms with Gasteiger partial charge >= 0.3 is 0 Å². The number of aromatic nitrogens is 2. The largest absolute Gasteiger partial charge is 0.248 e. The van der Waals surface area contributed by atoms with Gasteiger partial charge < -0.3 is 0 Å². The molecule has 11 heavy (non-hydrogen) atoms. The van der Waals surface area contributed by atoms with Crippen LogP contribution in [0.2, 0.25) is 5.15 Å². The Bertz CT molecular complexity index is 262. The van der Waals surface area contributed by atoms with Crippen molar-refractivity contribution in [1.29, 1.82) is 0 Å². The first-order valence-electron chi connectivity index (χ1n) is 3.32. The standard InChI is InChI=1S/C7H10BrClN2/c1-7(2,3)11-6(9)5(8)4-10-11/h4H,1-3H3. The molecule has 0 aromatic carbocycles. The quantitative estimate of drug-likeness (QED) is 0.678. The minimum Gasteiger partial charge on any atom is -0.248 e. The average molecular weight is 238 g/mol. The van der Waals surface area contributed by atoms with Gasteiger partial charge in [-0.05, 0) is 36.7 Å². The van der Waals surface area contributed by atoms with Gasteiger partial charge in [0.2, 0.25) is 0 Å². The maximum Gasteiger partial charge on any atom is 0.141 e. The van der Waals surface area contributed by atoms with E-state index in [0.29, 0.717) is 5.15 Å². The van der Waals surface area contributed by atoms with E-state index in [0.717, 1.165) is 4.47 Å². The van der Waals surface area contributed by atoms with Gasteiger partial charge in [0, 0.05) is 0 Å². The van der Waals surface area contributed by atoms with Gasteiger partial charge in [0.25, 0.3) is 0 Å². The predicted octanol–water partition coefficient (Wildman–Crippen LogP) is 3.05. The van der Waals surface area contributed by atoms with E-state index in [2.05, 4.69) is 41.8 Å². The minimum atomic E-state index is -0.0525. The molecule has 1 aromatic heterocycles. The molecule has 0 bridgehead atoms. The first-order valence-corrected chi connectivity index (χ1v) is 4.49. The van der Waals surface area contributed by atoms with Gasteiger partial charge in [-0.15, -0.1) is 0 Å². The monoisotopic (exact) mass is 236 g/mol. The summed E-state index contributed by atoms with van der Waals surface area (Å²) in [5.41, 5.74) is -0.0525. The van der Waals surface area contributed by atoms with Crippen molar-refractivity contribution >= 4 is 27.5 Å². The highest BCUT2D eigenvalue weighted by atomic mass is 79.9. The lowest BCUT2D eigenvalue weighted by molar-refractivity contribution is 0.356. The molecule has 0 atom stereocenters. The first kappa shape index (κ1) is 9.07. The Hall–Kier alpha value is -0.0200. The summed E-state index contributed by atoms with van der Waals surface area (Å²) in [5.74, 6) is 0. The van der Waals surface area contributed by atoms with Crippen LogP contribution in [0.5, 0.6) is 0 Å². The average Bonchev–Trinajstić information content (AvgIpc) is 2.11. The summed E-state index contributed by atoms with van der Waals surface area (Å²) < 4.78 is 2.62. The molecule has 4 heteroatoms. The molecule has 0 aliphatic rings. The Labute approximate surface area is 79.7 Å². The van der Waals surface area contributed by atoms with E-state index in [1.807, 2.05) is 0 Å². The summed E-state index contributed by atoms with van der Waals surface area (Å²) in [4.78, 5) is 0. The summed E-state index contributed by atoms with van der Waals surface area (Å²) in [7, 11) is 0. The van der Waals surface area contributed by atoms with Crippen LogP contribution in [0.15, 0.2) is 10.7 Å². The zero-order chi connectivity index (χ0) is 8.65. The molecule has 1 aromatic rings. The molecule has 0 spiro atoms. The van der Waals surface area contributed by atoms with Gasteiger partial charge in [0.15, 0.2) is 0 Å². The number of nitrogens with zero attached hydrogens (tertiary/aromatic N) is 2. The number of hydrogen-bond donors (Lipinski definition) is 0. The maximum absolute atomic E-state index is 5.95. The molecule has 0 saturated heterocycles. The van der Waals surface area contributed by atoms with Crippen LogP contribution in [0.25, 0.3) is 0 Å². The van der Waals surface area contributed by atoms with E-state index in [4.69, 9.17) is 11.6 Å². The van der Waals surface area contributed by atoms with E-state index < -0.39 is 0 Å². The van der Waals surface area contributed by atoms with Crippen LogP contribution in [-0.4, -0.2) is 9.78 Å². The fraction of sp³-hybridized carbons (Fsp3) is 0.571. The lowest BCUT2D eigenvalue weighted by atomic mass is 10.1. The Morgan fingerprint density at radius 1 is 1.55 bits per heavy atom. The zero-order valence-corrected chi connectivity index (χ0v) is 9.07. The van der Waals surface area contributed by atoms with Crippen LogP contribution in [0.1, 0.15) is 20.8 Å². The second kappa shape index (κ2) is 2.79. The summed E-state index contributed by atoms with van der Waals surface area (Å²) >= 11 is 9.24. The van der Waals surface area contributed by atoms with Crippen LogP contribution in [0, 0.1) is 0 Å². The van der Waals surface area contributed by atoms with Crippen molar-refractivity contribution in [2.75, 3.05) is 0 Å². The smallest absolute Gasteiger partial charge is 0.141 e. The molecule has 2 nitrogen and oxygen atoms in total. The molecule has 0 aliphatic carbocycles. The second-order valence-electron chi connectivity index (χ2n) is 3.37. The van der Waals surface area contributed by atoms with Gasteiger partial charge in [-0.1, -0.05) is 11.6 Å². The first-order chi connectivity index (χ1) is 4.93. The van der Waals surface area contributed by atoms with Crippen molar-refractivity contribution in [1.82, 2.24) is 9.78 Å². The third kappa shape index (κ3) is 1.76. The van der Waals surface area contributed by atoms with Gasteiger partial charge in [-0.2, -0.15) is 5.10 Å². The van der Waals surface area contributed by atoms with E-state index in [9.17, 15) is 0 Å². The molecule has 0 radical (unpaired) electrons. The van der Waals surface area contributed by atoms with Crippen molar-refractivity contribution in [3.05, 3.63) is 15.8 Å². The zero-order valence-electron chi connectivity index (χ0n) is 6.73. The topological polar surface area (TPSA) is 17.8 Å². The number of hydrogen-bond acceptors (Lipinski definition) is 1. The molecule has 0 saturated carbocycles. The Balaban J connectivity index is 3.15. The van der Waals surface area contributed by atoms with Crippen molar-refractivity contribution in [3.8, 4) is 0 Å². The van der Waals surface area contributed by atoms with Gasteiger partial charge in [0.1, 0.15) is 5.15 Å². The van der Waals surface area contributed by atoms with Crippen molar-refractivity contribution < 1.29 is 0 Å². The van der Waals surface area contributed by atoms with Crippen molar-refractivity contribution in [2.45, 2.75) is 26.3 Å². The molecular formula is C7H10BrClN2. The highest BCUT2D eigenvalue weighted by molar-refractivity contribution is 9.10. The summed E-state index contributed by atoms with van der Waals surface area (Å²) in [6, 6.07) is 0. The fourth-order valence-corrected chi connectivity index (χ4v) is 1.39. The van der Waals surface area contributed by atoms with E-state index in [-0.39, 0.29) is 5.54 Å². The highest BCUT2D eigenvalue weighted by Gasteiger charge is 2.18. The SMILES string of the molecule is CC(C)(C)n1ncc(Br)c1Cl. The van der Waals surface area contributed by atoms with Crippen LogP contribution in [-0.2, 0) is 5.54 Å². The van der Waals surface area contributed by atoms with Gasteiger partial charge in [-0.25, -0.2) is 4.68 Å². The Morgan fingerprint density at radius 3 is 2.27 bits per heavy atom. The lowest BCUT2D eigenvalue weighted by Crippen LogP contribution is -2.22. The van der Waals surface area contributed by atoms with Crippen LogP contribution >= 0.6 is 27.5 Å². The van der Waals surface area contributed by atoms with E-state index in [1.165, 1.54) is 0 Å². The van der Waals surface area contributed by atoms with E-state index >= 15 is 0 Å². The van der Waals surface area contributed by atoms with Crippen LogP contribution < -0.4 is 0 Å².